The zero-order valence-electron chi connectivity index (χ0n) is 7.27. The molecule has 0 aliphatic heterocycles. The molecule has 1 rings (SSSR count). The van der Waals surface area contributed by atoms with Crippen LogP contribution in [0.3, 0.4) is 0 Å². The molecule has 0 aliphatic rings. The molecule has 0 unspecified atom stereocenters. The van der Waals surface area contributed by atoms with Crippen LogP contribution in [-0.2, 0) is 6.54 Å². The summed E-state index contributed by atoms with van der Waals surface area (Å²) >= 11 is 0. The maximum absolute atomic E-state index is 8.58. The number of nitriles is 2. The zero-order chi connectivity index (χ0) is 9.68. The van der Waals surface area contributed by atoms with E-state index in [1.54, 1.807) is 24.3 Å². The SMILES string of the molecule is CN(Cc1ccco1)C(C#N)C#N. The predicted molar refractivity (Wildman–Crippen MR) is 45.2 cm³/mol. The highest BCUT2D eigenvalue weighted by Gasteiger charge is 2.13. The molecule has 0 saturated carbocycles. The van der Waals surface area contributed by atoms with Gasteiger partial charge in [0.2, 0.25) is 0 Å². The van der Waals surface area contributed by atoms with Crippen LogP contribution in [0.4, 0.5) is 0 Å². The first-order chi connectivity index (χ1) is 6.27. The van der Waals surface area contributed by atoms with Gasteiger partial charge in [-0.15, -0.1) is 0 Å². The Labute approximate surface area is 76.6 Å². The van der Waals surface area contributed by atoms with E-state index >= 15 is 0 Å². The highest BCUT2D eigenvalue weighted by Crippen LogP contribution is 2.05. The smallest absolute Gasteiger partial charge is 0.186 e. The lowest BCUT2D eigenvalue weighted by molar-refractivity contribution is 0.289. The van der Waals surface area contributed by atoms with Gasteiger partial charge >= 0.3 is 0 Å². The van der Waals surface area contributed by atoms with Gasteiger partial charge in [0, 0.05) is 0 Å². The van der Waals surface area contributed by atoms with E-state index in [4.69, 9.17) is 14.9 Å². The first-order valence-electron chi connectivity index (χ1n) is 3.79. The number of nitrogens with zero attached hydrogens (tertiary/aromatic N) is 3. The van der Waals surface area contributed by atoms with Gasteiger partial charge in [0.25, 0.3) is 0 Å². The lowest BCUT2D eigenvalue weighted by Gasteiger charge is -2.14. The minimum atomic E-state index is -0.718. The molecule has 0 bridgehead atoms. The lowest BCUT2D eigenvalue weighted by Crippen LogP contribution is -2.28. The van der Waals surface area contributed by atoms with Crippen LogP contribution >= 0.6 is 0 Å². The van der Waals surface area contributed by atoms with Crippen LogP contribution in [0.15, 0.2) is 22.8 Å². The van der Waals surface area contributed by atoms with Crippen LogP contribution in [-0.4, -0.2) is 18.0 Å². The van der Waals surface area contributed by atoms with Crippen molar-refractivity contribution in [1.82, 2.24) is 4.90 Å². The predicted octanol–water partition coefficient (Wildman–Crippen LogP) is 1.13. The van der Waals surface area contributed by atoms with Gasteiger partial charge in [-0.05, 0) is 19.2 Å². The fourth-order valence-electron chi connectivity index (χ4n) is 0.966. The molecule has 0 aliphatic carbocycles. The van der Waals surface area contributed by atoms with E-state index in [0.717, 1.165) is 5.76 Å². The van der Waals surface area contributed by atoms with Crippen molar-refractivity contribution < 1.29 is 4.42 Å². The maximum Gasteiger partial charge on any atom is 0.186 e. The summed E-state index contributed by atoms with van der Waals surface area (Å²) in [4.78, 5) is 1.62. The van der Waals surface area contributed by atoms with Gasteiger partial charge < -0.3 is 4.42 Å². The maximum atomic E-state index is 8.58. The van der Waals surface area contributed by atoms with Gasteiger partial charge in [0.15, 0.2) is 6.04 Å². The second-order valence-electron chi connectivity index (χ2n) is 2.66. The number of furan rings is 1. The van der Waals surface area contributed by atoms with E-state index in [0.29, 0.717) is 6.54 Å². The van der Waals surface area contributed by atoms with Crippen LogP contribution in [0, 0.1) is 22.7 Å². The second-order valence-corrected chi connectivity index (χ2v) is 2.66. The summed E-state index contributed by atoms with van der Waals surface area (Å²) in [5.41, 5.74) is 0. The number of hydrogen-bond acceptors (Lipinski definition) is 4. The molecule has 1 heterocycles. The minimum absolute atomic E-state index is 0.471. The van der Waals surface area contributed by atoms with Crippen molar-refractivity contribution in [2.75, 3.05) is 7.05 Å². The van der Waals surface area contributed by atoms with E-state index in [9.17, 15) is 0 Å². The summed E-state index contributed by atoms with van der Waals surface area (Å²) in [6.07, 6.45) is 1.57. The molecule has 0 radical (unpaired) electrons. The second kappa shape index (κ2) is 4.30. The normalized spacial score (nSPS) is 9.92. The topological polar surface area (TPSA) is 64.0 Å². The standard InChI is InChI=1S/C9H9N3O/c1-12(8(5-10)6-11)7-9-3-2-4-13-9/h2-4,8H,7H2,1H3. The Morgan fingerprint density at radius 2 is 2.23 bits per heavy atom. The van der Waals surface area contributed by atoms with Crippen molar-refractivity contribution in [1.29, 1.82) is 10.5 Å². The largest absolute Gasteiger partial charge is 0.468 e. The van der Waals surface area contributed by atoms with E-state index in [1.165, 1.54) is 0 Å². The molecule has 13 heavy (non-hydrogen) atoms. The van der Waals surface area contributed by atoms with Crippen molar-refractivity contribution in [3.8, 4) is 12.1 Å². The highest BCUT2D eigenvalue weighted by molar-refractivity contribution is 5.08. The first kappa shape index (κ1) is 9.31. The van der Waals surface area contributed by atoms with Crippen molar-refractivity contribution >= 4 is 0 Å². The Morgan fingerprint density at radius 3 is 2.69 bits per heavy atom. The Balaban J connectivity index is 2.57. The molecule has 0 aromatic carbocycles. The van der Waals surface area contributed by atoms with Crippen LogP contribution in [0.1, 0.15) is 5.76 Å². The van der Waals surface area contributed by atoms with Gasteiger partial charge in [-0.3, -0.25) is 4.90 Å². The third-order valence-electron chi connectivity index (χ3n) is 1.67. The molecule has 0 fully saturated rings. The summed E-state index contributed by atoms with van der Waals surface area (Å²) in [5, 5.41) is 17.2. The monoisotopic (exact) mass is 175 g/mol. The summed E-state index contributed by atoms with van der Waals surface area (Å²) < 4.78 is 5.08. The Bertz CT molecular complexity index is 317. The fraction of sp³-hybridized carbons (Fsp3) is 0.333. The number of rotatable bonds is 3. The first-order valence-corrected chi connectivity index (χ1v) is 3.79. The van der Waals surface area contributed by atoms with Crippen LogP contribution in [0.2, 0.25) is 0 Å². The van der Waals surface area contributed by atoms with Crippen molar-refractivity contribution in [2.45, 2.75) is 12.6 Å². The molecule has 0 amide bonds. The van der Waals surface area contributed by atoms with Crippen LogP contribution in [0.25, 0.3) is 0 Å². The summed E-state index contributed by atoms with van der Waals surface area (Å²) in [6, 6.07) is 6.64. The van der Waals surface area contributed by atoms with Crippen molar-refractivity contribution in [2.24, 2.45) is 0 Å². The Kier molecular flexibility index (Phi) is 3.08. The van der Waals surface area contributed by atoms with Crippen LogP contribution < -0.4 is 0 Å². The van der Waals surface area contributed by atoms with E-state index < -0.39 is 6.04 Å². The molecule has 1 aromatic rings. The molecule has 0 spiro atoms. The summed E-state index contributed by atoms with van der Waals surface area (Å²) in [7, 11) is 1.71. The summed E-state index contributed by atoms with van der Waals surface area (Å²) in [5.74, 6) is 0.748. The molecule has 0 saturated heterocycles. The molecule has 4 heteroatoms. The van der Waals surface area contributed by atoms with Gasteiger partial charge in [-0.25, -0.2) is 0 Å². The highest BCUT2D eigenvalue weighted by atomic mass is 16.3. The van der Waals surface area contributed by atoms with Gasteiger partial charge in [0.05, 0.1) is 24.9 Å². The average Bonchev–Trinajstić information content (AvgIpc) is 2.59. The van der Waals surface area contributed by atoms with E-state index in [1.807, 2.05) is 18.2 Å². The Morgan fingerprint density at radius 1 is 1.54 bits per heavy atom. The molecular formula is C9H9N3O. The Hall–Kier alpha value is -1.78. The molecule has 4 nitrogen and oxygen atoms in total. The van der Waals surface area contributed by atoms with Gasteiger partial charge in [-0.2, -0.15) is 10.5 Å². The average molecular weight is 175 g/mol. The van der Waals surface area contributed by atoms with Crippen molar-refractivity contribution in [3.05, 3.63) is 24.2 Å². The zero-order valence-corrected chi connectivity index (χ0v) is 7.27. The van der Waals surface area contributed by atoms with E-state index in [-0.39, 0.29) is 0 Å². The van der Waals surface area contributed by atoms with Gasteiger partial charge in [0.1, 0.15) is 5.76 Å². The molecular weight excluding hydrogens is 166 g/mol. The fourth-order valence-corrected chi connectivity index (χ4v) is 0.966. The third-order valence-corrected chi connectivity index (χ3v) is 1.67. The minimum Gasteiger partial charge on any atom is -0.468 e. The molecule has 1 aromatic heterocycles. The van der Waals surface area contributed by atoms with E-state index in [2.05, 4.69) is 0 Å². The molecule has 66 valence electrons. The summed E-state index contributed by atoms with van der Waals surface area (Å²) in [6.45, 7) is 0.471. The lowest BCUT2D eigenvalue weighted by atomic mass is 10.3. The quantitative estimate of drug-likeness (QED) is 0.690. The van der Waals surface area contributed by atoms with Crippen LogP contribution in [0.5, 0.6) is 0 Å². The van der Waals surface area contributed by atoms with Crippen molar-refractivity contribution in [3.63, 3.8) is 0 Å². The molecule has 0 atom stereocenters. The molecule has 0 N–H and O–H groups in total. The number of hydrogen-bond donors (Lipinski definition) is 0. The van der Waals surface area contributed by atoms with Gasteiger partial charge in [-0.1, -0.05) is 0 Å². The third kappa shape index (κ3) is 2.33.